The molecule has 0 aromatic heterocycles. The maximum Gasteiger partial charge on any atom is 0.0727 e. The Kier molecular flexibility index (Phi) is 8.17. The number of benzene rings is 8. The first-order valence-electron chi connectivity index (χ1n) is 17.6. The van der Waals surface area contributed by atoms with Gasteiger partial charge in [0.15, 0.2) is 0 Å². The SMILES string of the molecule is c1ccc(-c2cc(-c3ccccc3)cc(-c3ccc4c(c3)COCc3ccc(-c5cc(-c6ccccc6)cc(-c6ccccc6)c5)cc3-4)c2)cc1. The van der Waals surface area contributed by atoms with Gasteiger partial charge in [0.25, 0.3) is 0 Å². The molecule has 0 fully saturated rings. The van der Waals surface area contributed by atoms with Crippen LogP contribution >= 0.6 is 0 Å². The summed E-state index contributed by atoms with van der Waals surface area (Å²) in [5, 5.41) is 0. The molecule has 0 amide bonds. The molecule has 242 valence electrons. The van der Waals surface area contributed by atoms with E-state index in [0.717, 1.165) is 0 Å². The molecule has 1 aliphatic rings. The molecule has 0 aliphatic carbocycles. The summed E-state index contributed by atoms with van der Waals surface area (Å²) in [7, 11) is 0. The molecule has 0 saturated heterocycles. The molecule has 51 heavy (non-hydrogen) atoms. The molecule has 0 bridgehead atoms. The summed E-state index contributed by atoms with van der Waals surface area (Å²) in [6.45, 7) is 1.15. The van der Waals surface area contributed by atoms with Gasteiger partial charge in [-0.3, -0.25) is 0 Å². The lowest BCUT2D eigenvalue weighted by atomic mass is 9.88. The molecular weight excluding hydrogens is 617 g/mol. The molecule has 0 atom stereocenters. The van der Waals surface area contributed by atoms with Crippen LogP contribution < -0.4 is 0 Å². The highest BCUT2D eigenvalue weighted by molar-refractivity contribution is 5.86. The third-order valence-corrected chi connectivity index (χ3v) is 9.98. The molecule has 0 saturated carbocycles. The van der Waals surface area contributed by atoms with Gasteiger partial charge in [0.05, 0.1) is 13.2 Å². The van der Waals surface area contributed by atoms with Gasteiger partial charge in [-0.1, -0.05) is 146 Å². The van der Waals surface area contributed by atoms with E-state index in [9.17, 15) is 0 Å². The molecule has 8 aromatic rings. The van der Waals surface area contributed by atoms with E-state index in [4.69, 9.17) is 4.74 Å². The minimum Gasteiger partial charge on any atom is -0.372 e. The van der Waals surface area contributed by atoms with E-state index >= 15 is 0 Å². The van der Waals surface area contributed by atoms with Crippen LogP contribution in [0, 0.1) is 0 Å². The van der Waals surface area contributed by atoms with Crippen molar-refractivity contribution in [2.45, 2.75) is 13.2 Å². The first-order chi connectivity index (χ1) is 25.2. The topological polar surface area (TPSA) is 9.23 Å². The van der Waals surface area contributed by atoms with E-state index in [1.54, 1.807) is 0 Å². The first-order valence-corrected chi connectivity index (χ1v) is 17.6. The van der Waals surface area contributed by atoms with Crippen LogP contribution in [0.25, 0.3) is 77.9 Å². The summed E-state index contributed by atoms with van der Waals surface area (Å²) < 4.78 is 6.32. The zero-order valence-electron chi connectivity index (χ0n) is 28.3. The first kappa shape index (κ1) is 30.8. The molecule has 1 aliphatic heterocycles. The van der Waals surface area contributed by atoms with Crippen LogP contribution in [0.2, 0.25) is 0 Å². The predicted molar refractivity (Wildman–Crippen MR) is 213 cm³/mol. The third kappa shape index (κ3) is 6.32. The maximum absolute atomic E-state index is 6.32. The fraction of sp³-hybridized carbons (Fsp3) is 0.0400. The monoisotopic (exact) mass is 652 g/mol. The Morgan fingerprint density at radius 1 is 0.235 bits per heavy atom. The normalized spacial score (nSPS) is 12.1. The number of ether oxygens (including phenoxy) is 1. The summed E-state index contributed by atoms with van der Waals surface area (Å²) in [6.07, 6.45) is 0. The Hall–Kier alpha value is -6.28. The van der Waals surface area contributed by atoms with Crippen molar-refractivity contribution in [1.29, 1.82) is 0 Å². The van der Waals surface area contributed by atoms with E-state index in [1.165, 1.54) is 89.0 Å². The second-order valence-electron chi connectivity index (χ2n) is 13.3. The molecule has 8 aromatic carbocycles. The van der Waals surface area contributed by atoms with E-state index < -0.39 is 0 Å². The lowest BCUT2D eigenvalue weighted by Crippen LogP contribution is -1.92. The van der Waals surface area contributed by atoms with Gasteiger partial charge in [0, 0.05) is 0 Å². The van der Waals surface area contributed by atoms with Crippen molar-refractivity contribution in [2.24, 2.45) is 0 Å². The van der Waals surface area contributed by atoms with Gasteiger partial charge in [0.2, 0.25) is 0 Å². The van der Waals surface area contributed by atoms with Crippen LogP contribution in [0.15, 0.2) is 194 Å². The van der Waals surface area contributed by atoms with E-state index in [1.807, 2.05) is 0 Å². The fourth-order valence-electron chi connectivity index (χ4n) is 7.34. The minimum atomic E-state index is 0.568. The van der Waals surface area contributed by atoms with Gasteiger partial charge in [-0.05, 0) is 138 Å². The van der Waals surface area contributed by atoms with Crippen molar-refractivity contribution in [2.75, 3.05) is 0 Å². The summed E-state index contributed by atoms with van der Waals surface area (Å²) in [5.41, 5.74) is 19.4. The van der Waals surface area contributed by atoms with Crippen LogP contribution in [0.5, 0.6) is 0 Å². The highest BCUT2D eigenvalue weighted by Gasteiger charge is 2.18. The van der Waals surface area contributed by atoms with Crippen molar-refractivity contribution < 1.29 is 4.74 Å². The zero-order chi connectivity index (χ0) is 34.0. The van der Waals surface area contributed by atoms with Crippen LogP contribution in [-0.2, 0) is 18.0 Å². The fourth-order valence-corrected chi connectivity index (χ4v) is 7.34. The van der Waals surface area contributed by atoms with E-state index in [-0.39, 0.29) is 0 Å². The Morgan fingerprint density at radius 2 is 0.588 bits per heavy atom. The van der Waals surface area contributed by atoms with Gasteiger partial charge in [-0.2, -0.15) is 0 Å². The van der Waals surface area contributed by atoms with Crippen LogP contribution in [0.1, 0.15) is 11.1 Å². The largest absolute Gasteiger partial charge is 0.372 e. The quantitative estimate of drug-likeness (QED) is 0.174. The second-order valence-corrected chi connectivity index (χ2v) is 13.3. The minimum absolute atomic E-state index is 0.568. The smallest absolute Gasteiger partial charge is 0.0727 e. The number of hydrogen-bond donors (Lipinski definition) is 0. The summed E-state index contributed by atoms with van der Waals surface area (Å²) >= 11 is 0. The lowest BCUT2D eigenvalue weighted by Gasteiger charge is -2.15. The van der Waals surface area contributed by atoms with Crippen LogP contribution in [-0.4, -0.2) is 0 Å². The predicted octanol–water partition coefficient (Wildman–Crippen LogP) is 13.4. The van der Waals surface area contributed by atoms with Gasteiger partial charge < -0.3 is 4.74 Å². The third-order valence-electron chi connectivity index (χ3n) is 9.98. The molecule has 1 heterocycles. The molecule has 0 spiro atoms. The Bertz CT molecular complexity index is 2350. The summed E-state index contributed by atoms with van der Waals surface area (Å²) in [5.74, 6) is 0. The molecule has 0 unspecified atom stereocenters. The van der Waals surface area contributed by atoms with Crippen LogP contribution in [0.3, 0.4) is 0 Å². The highest BCUT2D eigenvalue weighted by atomic mass is 16.5. The Balaban J connectivity index is 1.14. The van der Waals surface area contributed by atoms with Crippen molar-refractivity contribution in [3.8, 4) is 77.9 Å². The summed E-state index contributed by atoms with van der Waals surface area (Å²) in [6, 6.07) is 70.3. The average molecular weight is 653 g/mol. The van der Waals surface area contributed by atoms with Gasteiger partial charge in [-0.25, -0.2) is 0 Å². The van der Waals surface area contributed by atoms with Crippen molar-refractivity contribution >= 4 is 0 Å². The Labute approximate surface area is 300 Å². The second kappa shape index (κ2) is 13.6. The van der Waals surface area contributed by atoms with Crippen molar-refractivity contribution in [1.82, 2.24) is 0 Å². The van der Waals surface area contributed by atoms with E-state index in [0.29, 0.717) is 13.2 Å². The van der Waals surface area contributed by atoms with Gasteiger partial charge >= 0.3 is 0 Å². The van der Waals surface area contributed by atoms with Gasteiger partial charge in [-0.15, -0.1) is 0 Å². The molecular formula is C50H36O. The van der Waals surface area contributed by atoms with Crippen LogP contribution in [0.4, 0.5) is 0 Å². The maximum atomic E-state index is 6.32. The van der Waals surface area contributed by atoms with Gasteiger partial charge in [0.1, 0.15) is 0 Å². The van der Waals surface area contributed by atoms with E-state index in [2.05, 4.69) is 194 Å². The highest BCUT2D eigenvalue weighted by Crippen LogP contribution is 2.40. The molecule has 1 heteroatoms. The zero-order valence-corrected chi connectivity index (χ0v) is 28.3. The number of hydrogen-bond acceptors (Lipinski definition) is 1. The summed E-state index contributed by atoms with van der Waals surface area (Å²) in [4.78, 5) is 0. The average Bonchev–Trinajstić information content (AvgIpc) is 3.40. The Morgan fingerprint density at radius 3 is 1.02 bits per heavy atom. The number of rotatable bonds is 6. The molecule has 1 nitrogen and oxygen atoms in total. The lowest BCUT2D eigenvalue weighted by molar-refractivity contribution is 0.110. The van der Waals surface area contributed by atoms with Crippen molar-refractivity contribution in [3.63, 3.8) is 0 Å². The molecule has 9 rings (SSSR count). The molecule has 0 radical (unpaired) electrons. The standard InChI is InChI=1S/C50H36O/c1-5-13-35(14-6-1)42-26-43(36-15-7-2-8-16-36)29-46(28-42)39-23-24-49-48(25-39)34-51-33-41-22-21-40(32-50(41)49)47-30-44(37-17-9-3-10-18-37)27-45(31-47)38-19-11-4-12-20-38/h1-32H,33-34H2. The number of fused-ring (bicyclic) bond motifs is 3. The van der Waals surface area contributed by atoms with Crippen molar-refractivity contribution in [3.05, 3.63) is 205 Å². The molecule has 0 N–H and O–H groups in total.